The van der Waals surface area contributed by atoms with E-state index in [2.05, 4.69) is 23.8 Å². The monoisotopic (exact) mass is 268 g/mol. The fourth-order valence-corrected chi connectivity index (χ4v) is 3.52. The second-order valence-electron chi connectivity index (χ2n) is 6.33. The molecule has 112 valence electrons. The molecule has 0 saturated carbocycles. The van der Waals surface area contributed by atoms with Crippen LogP contribution in [0.4, 0.5) is 0 Å². The van der Waals surface area contributed by atoms with Gasteiger partial charge in [-0.1, -0.05) is 6.92 Å². The molecule has 1 atom stereocenters. The van der Waals surface area contributed by atoms with E-state index in [1.165, 1.54) is 71.1 Å². The van der Waals surface area contributed by atoms with E-state index in [4.69, 9.17) is 4.74 Å². The lowest BCUT2D eigenvalue weighted by Gasteiger charge is -2.36. The van der Waals surface area contributed by atoms with Crippen molar-refractivity contribution in [1.29, 1.82) is 0 Å². The number of hydrogen-bond donors (Lipinski definition) is 0. The van der Waals surface area contributed by atoms with Crippen molar-refractivity contribution in [2.24, 2.45) is 0 Å². The molecule has 0 aromatic carbocycles. The molecule has 0 spiro atoms. The molecule has 19 heavy (non-hydrogen) atoms. The molecule has 0 bridgehead atoms. The molecule has 0 aliphatic carbocycles. The first-order valence-electron chi connectivity index (χ1n) is 8.33. The summed E-state index contributed by atoms with van der Waals surface area (Å²) in [6, 6.07) is 0.817. The quantitative estimate of drug-likeness (QED) is 0.706. The first-order valence-corrected chi connectivity index (χ1v) is 8.33. The van der Waals surface area contributed by atoms with Crippen LogP contribution in [0.5, 0.6) is 0 Å². The topological polar surface area (TPSA) is 15.7 Å². The minimum Gasteiger partial charge on any atom is -0.378 e. The van der Waals surface area contributed by atoms with Crippen LogP contribution in [0.25, 0.3) is 0 Å². The lowest BCUT2D eigenvalue weighted by Crippen LogP contribution is -2.43. The maximum Gasteiger partial charge on any atom is 0.0576 e. The van der Waals surface area contributed by atoms with Gasteiger partial charge in [0.2, 0.25) is 0 Å². The predicted molar refractivity (Wildman–Crippen MR) is 80.6 cm³/mol. The van der Waals surface area contributed by atoms with Crippen LogP contribution in [0.1, 0.15) is 51.9 Å². The Labute approximate surface area is 119 Å². The number of piperidine rings is 1. The zero-order chi connectivity index (χ0) is 13.5. The standard InChI is InChI=1S/C16H32N2O/c1-3-10-18-12-8-15(9-13-18)17(2)11-4-6-16-7-5-14-19-16/h15-16H,3-14H2,1-2H3/t16-/m1/s1. The van der Waals surface area contributed by atoms with Crippen molar-refractivity contribution in [3.8, 4) is 0 Å². The molecule has 2 heterocycles. The molecule has 0 aromatic rings. The third kappa shape index (κ3) is 5.05. The van der Waals surface area contributed by atoms with Gasteiger partial charge in [-0.2, -0.15) is 0 Å². The molecule has 0 unspecified atom stereocenters. The van der Waals surface area contributed by atoms with Gasteiger partial charge in [0.15, 0.2) is 0 Å². The number of nitrogens with zero attached hydrogens (tertiary/aromatic N) is 2. The number of likely N-dealkylation sites (tertiary alicyclic amines) is 1. The Kier molecular flexibility index (Phi) is 6.62. The van der Waals surface area contributed by atoms with E-state index in [1.807, 2.05) is 0 Å². The second kappa shape index (κ2) is 8.23. The molecule has 2 aliphatic rings. The molecule has 2 saturated heterocycles. The molecule has 0 N–H and O–H groups in total. The summed E-state index contributed by atoms with van der Waals surface area (Å²) in [5, 5.41) is 0. The minimum atomic E-state index is 0.569. The summed E-state index contributed by atoms with van der Waals surface area (Å²) >= 11 is 0. The summed E-state index contributed by atoms with van der Waals surface area (Å²) in [4.78, 5) is 5.22. The fourth-order valence-electron chi connectivity index (χ4n) is 3.52. The Balaban J connectivity index is 1.57. The first kappa shape index (κ1) is 15.3. The molecule has 2 aliphatic heterocycles. The average molecular weight is 268 g/mol. The van der Waals surface area contributed by atoms with E-state index in [1.54, 1.807) is 0 Å². The Hall–Kier alpha value is -0.120. The number of rotatable bonds is 7. The van der Waals surface area contributed by atoms with E-state index in [-0.39, 0.29) is 0 Å². The SMILES string of the molecule is CCCN1CCC(N(C)CCC[C@@H]2CCCO2)CC1. The van der Waals surface area contributed by atoms with Crippen LogP contribution in [-0.4, -0.2) is 61.8 Å². The molecule has 2 fully saturated rings. The number of ether oxygens (including phenoxy) is 1. The third-order valence-electron chi connectivity index (χ3n) is 4.78. The van der Waals surface area contributed by atoms with Crippen molar-refractivity contribution in [3.63, 3.8) is 0 Å². The van der Waals surface area contributed by atoms with Crippen molar-refractivity contribution in [2.45, 2.75) is 64.0 Å². The summed E-state index contributed by atoms with van der Waals surface area (Å²) < 4.78 is 5.70. The van der Waals surface area contributed by atoms with Crippen LogP contribution in [-0.2, 0) is 4.74 Å². The Morgan fingerprint density at radius 2 is 2.00 bits per heavy atom. The van der Waals surface area contributed by atoms with E-state index < -0.39 is 0 Å². The molecule has 0 radical (unpaired) electrons. The van der Waals surface area contributed by atoms with Crippen molar-refractivity contribution in [3.05, 3.63) is 0 Å². The maximum atomic E-state index is 5.70. The summed E-state index contributed by atoms with van der Waals surface area (Å²) in [6.45, 7) is 8.41. The van der Waals surface area contributed by atoms with Crippen LogP contribution in [0.15, 0.2) is 0 Å². The lowest BCUT2D eigenvalue weighted by molar-refractivity contribution is 0.0917. The van der Waals surface area contributed by atoms with Gasteiger partial charge in [0.25, 0.3) is 0 Å². The second-order valence-corrected chi connectivity index (χ2v) is 6.33. The van der Waals surface area contributed by atoms with E-state index >= 15 is 0 Å². The molecule has 3 heteroatoms. The van der Waals surface area contributed by atoms with E-state index in [0.29, 0.717) is 6.10 Å². The Morgan fingerprint density at radius 3 is 2.63 bits per heavy atom. The van der Waals surface area contributed by atoms with Crippen LogP contribution in [0.3, 0.4) is 0 Å². The van der Waals surface area contributed by atoms with Gasteiger partial charge in [-0.3, -0.25) is 0 Å². The Morgan fingerprint density at radius 1 is 1.21 bits per heavy atom. The van der Waals surface area contributed by atoms with Crippen molar-refractivity contribution in [2.75, 3.05) is 39.8 Å². The van der Waals surface area contributed by atoms with Gasteiger partial charge in [0.1, 0.15) is 0 Å². The summed E-state index contributed by atoms with van der Waals surface area (Å²) in [6.07, 6.45) is 9.71. The summed E-state index contributed by atoms with van der Waals surface area (Å²) in [5.74, 6) is 0. The van der Waals surface area contributed by atoms with Crippen molar-refractivity contribution in [1.82, 2.24) is 9.80 Å². The normalized spacial score (nSPS) is 26.4. The van der Waals surface area contributed by atoms with Crippen LogP contribution >= 0.6 is 0 Å². The molecule has 0 aromatic heterocycles. The highest BCUT2D eigenvalue weighted by atomic mass is 16.5. The van der Waals surface area contributed by atoms with Crippen molar-refractivity contribution < 1.29 is 4.74 Å². The van der Waals surface area contributed by atoms with Crippen LogP contribution in [0, 0.1) is 0 Å². The van der Waals surface area contributed by atoms with Crippen LogP contribution < -0.4 is 0 Å². The smallest absolute Gasteiger partial charge is 0.0576 e. The van der Waals surface area contributed by atoms with Gasteiger partial charge in [-0.25, -0.2) is 0 Å². The maximum absolute atomic E-state index is 5.70. The van der Waals surface area contributed by atoms with Gasteiger partial charge in [-0.05, 0) is 78.2 Å². The molecular formula is C16H32N2O. The summed E-state index contributed by atoms with van der Waals surface area (Å²) in [5.41, 5.74) is 0. The van der Waals surface area contributed by atoms with Gasteiger partial charge in [-0.15, -0.1) is 0 Å². The van der Waals surface area contributed by atoms with Gasteiger partial charge < -0.3 is 14.5 Å². The van der Waals surface area contributed by atoms with Crippen molar-refractivity contribution >= 4 is 0 Å². The lowest BCUT2D eigenvalue weighted by atomic mass is 10.0. The molecular weight excluding hydrogens is 236 g/mol. The summed E-state index contributed by atoms with van der Waals surface area (Å²) in [7, 11) is 2.32. The zero-order valence-corrected chi connectivity index (χ0v) is 12.9. The molecule has 3 nitrogen and oxygen atoms in total. The highest BCUT2D eigenvalue weighted by Crippen LogP contribution is 2.19. The largest absolute Gasteiger partial charge is 0.378 e. The van der Waals surface area contributed by atoms with E-state index in [0.717, 1.165) is 12.6 Å². The highest BCUT2D eigenvalue weighted by molar-refractivity contribution is 4.78. The third-order valence-corrected chi connectivity index (χ3v) is 4.78. The molecule has 0 amide bonds. The van der Waals surface area contributed by atoms with Crippen LogP contribution in [0.2, 0.25) is 0 Å². The predicted octanol–water partition coefficient (Wildman–Crippen LogP) is 2.75. The first-order chi connectivity index (χ1) is 9.29. The van der Waals surface area contributed by atoms with E-state index in [9.17, 15) is 0 Å². The highest BCUT2D eigenvalue weighted by Gasteiger charge is 2.22. The fraction of sp³-hybridized carbons (Fsp3) is 1.00. The number of hydrogen-bond acceptors (Lipinski definition) is 3. The Bertz CT molecular complexity index is 233. The van der Waals surface area contributed by atoms with Gasteiger partial charge in [0, 0.05) is 12.6 Å². The van der Waals surface area contributed by atoms with Gasteiger partial charge in [0.05, 0.1) is 6.10 Å². The minimum absolute atomic E-state index is 0.569. The van der Waals surface area contributed by atoms with Gasteiger partial charge >= 0.3 is 0 Å². The zero-order valence-electron chi connectivity index (χ0n) is 12.9. The average Bonchev–Trinajstić information content (AvgIpc) is 2.93. The molecule has 2 rings (SSSR count).